The molecule has 0 saturated carbocycles. The summed E-state index contributed by atoms with van der Waals surface area (Å²) in [5.74, 6) is 0.0792. The van der Waals surface area contributed by atoms with Crippen LogP contribution in [0.15, 0.2) is 18.2 Å². The van der Waals surface area contributed by atoms with Gasteiger partial charge in [-0.2, -0.15) is 0 Å². The van der Waals surface area contributed by atoms with Crippen molar-refractivity contribution >= 4 is 29.1 Å². The number of hydrogen-bond donors (Lipinski definition) is 3. The molecule has 0 aliphatic rings. The van der Waals surface area contributed by atoms with Crippen LogP contribution in [-0.2, 0) is 9.59 Å². The average Bonchev–Trinajstić information content (AvgIpc) is 2.40. The molecule has 0 aliphatic heterocycles. The van der Waals surface area contributed by atoms with Crippen LogP contribution >= 0.6 is 11.6 Å². The first-order chi connectivity index (χ1) is 9.88. The summed E-state index contributed by atoms with van der Waals surface area (Å²) in [6, 6.07) is 5.30. The first-order valence-corrected chi connectivity index (χ1v) is 7.29. The third kappa shape index (κ3) is 7.11. The molecule has 3 N–H and O–H groups in total. The van der Waals surface area contributed by atoms with Gasteiger partial charge in [-0.15, -0.1) is 0 Å². The van der Waals surface area contributed by atoms with Gasteiger partial charge in [-0.05, 0) is 30.5 Å². The summed E-state index contributed by atoms with van der Waals surface area (Å²) in [6.45, 7) is 6.76. The maximum Gasteiger partial charge on any atom is 0.238 e. The average molecular weight is 312 g/mol. The van der Waals surface area contributed by atoms with Gasteiger partial charge < -0.3 is 10.6 Å². The van der Waals surface area contributed by atoms with E-state index < -0.39 is 0 Å². The molecule has 1 rings (SSSR count). The number of rotatable bonds is 7. The third-order valence-electron chi connectivity index (χ3n) is 2.75. The topological polar surface area (TPSA) is 70.2 Å². The van der Waals surface area contributed by atoms with Gasteiger partial charge in [-0.1, -0.05) is 31.5 Å². The van der Waals surface area contributed by atoms with Crippen LogP contribution < -0.4 is 16.0 Å². The molecule has 1 aromatic rings. The van der Waals surface area contributed by atoms with Crippen LogP contribution in [0.5, 0.6) is 0 Å². The van der Waals surface area contributed by atoms with Gasteiger partial charge in [0.1, 0.15) is 0 Å². The summed E-state index contributed by atoms with van der Waals surface area (Å²) < 4.78 is 0. The van der Waals surface area contributed by atoms with Gasteiger partial charge in [-0.3, -0.25) is 14.9 Å². The first-order valence-electron chi connectivity index (χ1n) is 6.92. The summed E-state index contributed by atoms with van der Waals surface area (Å²) in [6.07, 6.45) is 0. The molecule has 0 spiro atoms. The molecular weight excluding hydrogens is 290 g/mol. The van der Waals surface area contributed by atoms with Crippen molar-refractivity contribution in [3.63, 3.8) is 0 Å². The minimum absolute atomic E-state index is 0.0705. The van der Waals surface area contributed by atoms with Crippen molar-refractivity contribution in [1.82, 2.24) is 10.6 Å². The van der Waals surface area contributed by atoms with Crippen LogP contribution in [0.25, 0.3) is 0 Å². The van der Waals surface area contributed by atoms with E-state index in [1.165, 1.54) is 0 Å². The fourth-order valence-corrected chi connectivity index (χ4v) is 1.77. The Hall–Kier alpha value is -1.59. The third-order valence-corrected chi connectivity index (χ3v) is 2.99. The minimum Gasteiger partial charge on any atom is -0.355 e. The van der Waals surface area contributed by atoms with Gasteiger partial charge in [0.25, 0.3) is 0 Å². The van der Waals surface area contributed by atoms with Gasteiger partial charge in [-0.25, -0.2) is 0 Å². The molecule has 0 atom stereocenters. The predicted molar refractivity (Wildman–Crippen MR) is 85.5 cm³/mol. The lowest BCUT2D eigenvalue weighted by atomic mass is 10.2. The number of benzene rings is 1. The molecule has 0 bridgehead atoms. The number of nitrogens with one attached hydrogen (secondary N) is 3. The number of carbonyl (C=O) groups excluding carboxylic acids is 2. The quantitative estimate of drug-likeness (QED) is 0.721. The molecule has 6 heteroatoms. The molecule has 0 aliphatic carbocycles. The fourth-order valence-electron chi connectivity index (χ4n) is 1.59. The number of halogens is 1. The van der Waals surface area contributed by atoms with E-state index in [9.17, 15) is 9.59 Å². The Balaban J connectivity index is 2.31. The zero-order valence-corrected chi connectivity index (χ0v) is 13.4. The van der Waals surface area contributed by atoms with Crippen LogP contribution in [0.4, 0.5) is 5.69 Å². The zero-order valence-electron chi connectivity index (χ0n) is 12.6. The molecule has 21 heavy (non-hydrogen) atoms. The Morgan fingerprint density at radius 1 is 1.19 bits per heavy atom. The Morgan fingerprint density at radius 3 is 2.52 bits per heavy atom. The van der Waals surface area contributed by atoms with Crippen molar-refractivity contribution < 1.29 is 9.59 Å². The second-order valence-electron chi connectivity index (χ2n) is 5.31. The molecule has 2 amide bonds. The fraction of sp³-hybridized carbons (Fsp3) is 0.467. The second kappa shape index (κ2) is 8.64. The lowest BCUT2D eigenvalue weighted by Crippen LogP contribution is -2.38. The molecule has 0 heterocycles. The van der Waals surface area contributed by atoms with E-state index in [4.69, 9.17) is 11.6 Å². The van der Waals surface area contributed by atoms with Crippen LogP contribution in [0.1, 0.15) is 19.4 Å². The van der Waals surface area contributed by atoms with E-state index >= 15 is 0 Å². The number of aryl methyl sites for hydroxylation is 1. The lowest BCUT2D eigenvalue weighted by molar-refractivity contribution is -0.120. The maximum absolute atomic E-state index is 11.8. The Labute approximate surface area is 130 Å². The first kappa shape index (κ1) is 17.5. The SMILES string of the molecule is Cc1ccc(Cl)cc1NC(=O)CNCC(=O)NCC(C)C. The normalized spacial score (nSPS) is 10.5. The summed E-state index contributed by atoms with van der Waals surface area (Å²) in [7, 11) is 0. The highest BCUT2D eigenvalue weighted by molar-refractivity contribution is 6.31. The van der Waals surface area contributed by atoms with E-state index in [2.05, 4.69) is 16.0 Å². The van der Waals surface area contributed by atoms with Gasteiger partial charge >= 0.3 is 0 Å². The number of anilines is 1. The van der Waals surface area contributed by atoms with E-state index in [1.807, 2.05) is 26.8 Å². The van der Waals surface area contributed by atoms with Crippen LogP contribution in [-0.4, -0.2) is 31.4 Å². The number of carbonyl (C=O) groups is 2. The van der Waals surface area contributed by atoms with Gasteiger partial charge in [0.05, 0.1) is 13.1 Å². The van der Waals surface area contributed by atoms with Gasteiger partial charge in [0.2, 0.25) is 11.8 Å². The highest BCUT2D eigenvalue weighted by Gasteiger charge is 2.07. The number of hydrogen-bond acceptors (Lipinski definition) is 3. The molecule has 0 fully saturated rings. The Bertz CT molecular complexity index is 504. The molecule has 0 unspecified atom stereocenters. The van der Waals surface area contributed by atoms with Crippen molar-refractivity contribution in [2.45, 2.75) is 20.8 Å². The summed E-state index contributed by atoms with van der Waals surface area (Å²) >= 11 is 5.89. The summed E-state index contributed by atoms with van der Waals surface area (Å²) in [5.41, 5.74) is 1.61. The summed E-state index contributed by atoms with van der Waals surface area (Å²) in [4.78, 5) is 23.2. The molecule has 0 saturated heterocycles. The van der Waals surface area contributed by atoms with Crippen molar-refractivity contribution in [3.8, 4) is 0 Å². The molecule has 0 radical (unpaired) electrons. The van der Waals surface area contributed by atoms with Crippen molar-refractivity contribution in [3.05, 3.63) is 28.8 Å². The molecule has 116 valence electrons. The highest BCUT2D eigenvalue weighted by atomic mass is 35.5. The maximum atomic E-state index is 11.8. The van der Waals surface area contributed by atoms with Crippen molar-refractivity contribution in [2.75, 3.05) is 25.0 Å². The van der Waals surface area contributed by atoms with E-state index in [1.54, 1.807) is 12.1 Å². The van der Waals surface area contributed by atoms with Crippen LogP contribution in [0, 0.1) is 12.8 Å². The Kier molecular flexibility index (Phi) is 7.19. The highest BCUT2D eigenvalue weighted by Crippen LogP contribution is 2.19. The van der Waals surface area contributed by atoms with E-state index in [-0.39, 0.29) is 24.9 Å². The number of amides is 2. The van der Waals surface area contributed by atoms with E-state index in [0.717, 1.165) is 5.56 Å². The van der Waals surface area contributed by atoms with Crippen LogP contribution in [0.2, 0.25) is 5.02 Å². The monoisotopic (exact) mass is 311 g/mol. The molecule has 0 aromatic heterocycles. The second-order valence-corrected chi connectivity index (χ2v) is 5.75. The van der Waals surface area contributed by atoms with Gasteiger partial charge in [0.15, 0.2) is 0 Å². The molecular formula is C15H22ClN3O2. The summed E-state index contributed by atoms with van der Waals surface area (Å²) in [5, 5.41) is 8.90. The smallest absolute Gasteiger partial charge is 0.238 e. The van der Waals surface area contributed by atoms with Gasteiger partial charge in [0, 0.05) is 17.3 Å². The minimum atomic E-state index is -0.211. The van der Waals surface area contributed by atoms with Crippen LogP contribution in [0.3, 0.4) is 0 Å². The lowest BCUT2D eigenvalue weighted by Gasteiger charge is -2.10. The molecule has 1 aromatic carbocycles. The van der Waals surface area contributed by atoms with Crippen molar-refractivity contribution in [2.24, 2.45) is 5.92 Å². The molecule has 5 nitrogen and oxygen atoms in total. The van der Waals surface area contributed by atoms with E-state index in [0.29, 0.717) is 23.2 Å². The zero-order chi connectivity index (χ0) is 15.8. The predicted octanol–water partition coefficient (Wildman–Crippen LogP) is 1.95. The Morgan fingerprint density at radius 2 is 1.86 bits per heavy atom. The standard InChI is InChI=1S/C15H22ClN3O2/c1-10(2)7-18-14(20)8-17-9-15(21)19-13-6-12(16)5-4-11(13)3/h4-6,10,17H,7-9H2,1-3H3,(H,18,20)(H,19,21). The van der Waals surface area contributed by atoms with Crippen molar-refractivity contribution in [1.29, 1.82) is 0 Å². The largest absolute Gasteiger partial charge is 0.355 e.